The van der Waals surface area contributed by atoms with Crippen LogP contribution in [0.15, 0.2) is 24.3 Å². The Kier molecular flexibility index (Phi) is 8.25. The number of carboxylic acid groups (broad SMARTS) is 1. The van der Waals surface area contributed by atoms with Crippen LogP contribution in [0.5, 0.6) is 0 Å². The van der Waals surface area contributed by atoms with Crippen LogP contribution >= 0.6 is 0 Å². The van der Waals surface area contributed by atoms with E-state index in [0.29, 0.717) is 18.5 Å². The fourth-order valence-electron chi connectivity index (χ4n) is 2.22. The third kappa shape index (κ3) is 7.11. The van der Waals surface area contributed by atoms with Crippen molar-refractivity contribution in [1.82, 2.24) is 16.0 Å². The number of hydrogen-bond donors (Lipinski definition) is 5. The summed E-state index contributed by atoms with van der Waals surface area (Å²) >= 11 is 0. The Balaban J connectivity index is 2.45. The lowest BCUT2D eigenvalue weighted by atomic mass is 10.0. The van der Waals surface area contributed by atoms with Gasteiger partial charge < -0.3 is 26.8 Å². The second-order valence-corrected chi connectivity index (χ2v) is 5.72. The zero-order valence-electron chi connectivity index (χ0n) is 14.5. The zero-order valence-corrected chi connectivity index (χ0v) is 14.5. The second kappa shape index (κ2) is 10.2. The summed E-state index contributed by atoms with van der Waals surface area (Å²) in [6, 6.07) is 5.33. The number of nitrogens with one attached hydrogen (secondary N) is 3. The summed E-state index contributed by atoms with van der Waals surface area (Å²) in [5, 5.41) is 16.7. The Morgan fingerprint density at radius 3 is 2.20 bits per heavy atom. The first kappa shape index (κ1) is 20.3. The topological polar surface area (TPSA) is 134 Å². The average Bonchev–Trinajstić information content (AvgIpc) is 2.58. The van der Waals surface area contributed by atoms with Crippen molar-refractivity contribution in [2.45, 2.75) is 39.3 Å². The molecule has 0 aliphatic heterocycles. The summed E-state index contributed by atoms with van der Waals surface area (Å²) in [4.78, 5) is 35.0. The van der Waals surface area contributed by atoms with Crippen molar-refractivity contribution in [2.24, 2.45) is 5.92 Å². The quantitative estimate of drug-likeness (QED) is 0.425. The minimum atomic E-state index is -1.20. The lowest BCUT2D eigenvalue weighted by molar-refractivity contribution is -0.142. The van der Waals surface area contributed by atoms with E-state index in [-0.39, 0.29) is 24.9 Å². The van der Waals surface area contributed by atoms with Gasteiger partial charge in [-0.05, 0) is 30.5 Å². The average molecular weight is 350 g/mol. The molecule has 1 rings (SSSR count). The molecule has 0 heterocycles. The molecule has 138 valence electrons. The number of anilines is 1. The predicted octanol–water partition coefficient (Wildman–Crippen LogP) is 1.07. The van der Waals surface area contributed by atoms with Gasteiger partial charge in [0.25, 0.3) is 0 Å². The van der Waals surface area contributed by atoms with E-state index >= 15 is 0 Å². The number of aliphatic carboxylic acids is 1. The van der Waals surface area contributed by atoms with Crippen LogP contribution in [0.2, 0.25) is 0 Å². The van der Waals surface area contributed by atoms with Crippen LogP contribution in [0.4, 0.5) is 10.5 Å². The van der Waals surface area contributed by atoms with Crippen molar-refractivity contribution in [3.8, 4) is 0 Å². The number of carbonyl (C=O) groups is 3. The first-order valence-corrected chi connectivity index (χ1v) is 8.26. The van der Waals surface area contributed by atoms with Gasteiger partial charge in [-0.3, -0.25) is 4.79 Å². The van der Waals surface area contributed by atoms with Gasteiger partial charge in [-0.1, -0.05) is 26.0 Å². The molecule has 25 heavy (non-hydrogen) atoms. The van der Waals surface area contributed by atoms with Crippen LogP contribution in [0.1, 0.15) is 32.3 Å². The fourth-order valence-corrected chi connectivity index (χ4v) is 2.22. The van der Waals surface area contributed by atoms with Crippen LogP contribution in [-0.2, 0) is 16.1 Å². The van der Waals surface area contributed by atoms with Gasteiger partial charge >= 0.3 is 12.0 Å². The van der Waals surface area contributed by atoms with Gasteiger partial charge in [0.1, 0.15) is 6.04 Å². The molecule has 8 heteroatoms. The molecule has 0 fully saturated rings. The molecule has 8 nitrogen and oxygen atoms in total. The number of nitrogens with two attached hydrogens (primary N) is 1. The Labute approximate surface area is 147 Å². The van der Waals surface area contributed by atoms with Crippen molar-refractivity contribution >= 4 is 23.6 Å². The first-order valence-electron chi connectivity index (χ1n) is 8.26. The molecular weight excluding hydrogens is 324 g/mol. The van der Waals surface area contributed by atoms with Gasteiger partial charge in [0.2, 0.25) is 5.91 Å². The SMILES string of the molecule is CCC(CC)C(=O)N[C@@H](CNC(=O)NCc1ccc(N)cc1)C(=O)O. The molecule has 0 saturated heterocycles. The maximum Gasteiger partial charge on any atom is 0.328 e. The smallest absolute Gasteiger partial charge is 0.328 e. The maximum atomic E-state index is 12.0. The molecular formula is C17H26N4O4. The molecule has 3 amide bonds. The van der Waals surface area contributed by atoms with E-state index in [1.54, 1.807) is 24.3 Å². The Morgan fingerprint density at radius 2 is 1.68 bits per heavy atom. The number of amides is 3. The number of carboxylic acids is 1. The maximum absolute atomic E-state index is 12.0. The van der Waals surface area contributed by atoms with Crippen molar-refractivity contribution < 1.29 is 19.5 Å². The number of hydrogen-bond acceptors (Lipinski definition) is 4. The van der Waals surface area contributed by atoms with E-state index in [0.717, 1.165) is 5.56 Å². The monoisotopic (exact) mass is 350 g/mol. The summed E-state index contributed by atoms with van der Waals surface area (Å²) in [5.41, 5.74) is 7.08. The lowest BCUT2D eigenvalue weighted by Gasteiger charge is -2.19. The van der Waals surface area contributed by atoms with Crippen molar-refractivity contribution in [3.63, 3.8) is 0 Å². The van der Waals surface area contributed by atoms with Crippen molar-refractivity contribution in [3.05, 3.63) is 29.8 Å². The molecule has 1 aromatic carbocycles. The Hall–Kier alpha value is -2.77. The molecule has 0 aliphatic rings. The summed E-state index contributed by atoms with van der Waals surface area (Å²) in [5.74, 6) is -1.75. The molecule has 0 bridgehead atoms. The number of benzene rings is 1. The third-order valence-electron chi connectivity index (χ3n) is 3.87. The van der Waals surface area contributed by atoms with Crippen molar-refractivity contribution in [2.75, 3.05) is 12.3 Å². The zero-order chi connectivity index (χ0) is 18.8. The van der Waals surface area contributed by atoms with Crippen LogP contribution in [0.25, 0.3) is 0 Å². The molecule has 0 spiro atoms. The summed E-state index contributed by atoms with van der Waals surface area (Å²) in [6.07, 6.45) is 1.26. The largest absolute Gasteiger partial charge is 0.480 e. The first-order chi connectivity index (χ1) is 11.9. The lowest BCUT2D eigenvalue weighted by Crippen LogP contribution is -2.51. The normalized spacial score (nSPS) is 11.6. The highest BCUT2D eigenvalue weighted by molar-refractivity contribution is 5.85. The van der Waals surface area contributed by atoms with Gasteiger partial charge in [0.15, 0.2) is 0 Å². The van der Waals surface area contributed by atoms with Gasteiger partial charge in [-0.15, -0.1) is 0 Å². The number of nitrogen functional groups attached to an aromatic ring is 1. The highest BCUT2D eigenvalue weighted by atomic mass is 16.4. The van der Waals surface area contributed by atoms with E-state index in [2.05, 4.69) is 16.0 Å². The molecule has 0 unspecified atom stereocenters. The fraction of sp³-hybridized carbons (Fsp3) is 0.471. The molecule has 0 saturated carbocycles. The molecule has 0 aliphatic carbocycles. The van der Waals surface area contributed by atoms with Crippen LogP contribution in [0.3, 0.4) is 0 Å². The molecule has 0 aromatic heterocycles. The molecule has 0 radical (unpaired) electrons. The van der Waals surface area contributed by atoms with Crippen LogP contribution < -0.4 is 21.7 Å². The van der Waals surface area contributed by atoms with Crippen LogP contribution in [-0.4, -0.2) is 35.6 Å². The Morgan fingerprint density at radius 1 is 1.08 bits per heavy atom. The van der Waals surface area contributed by atoms with Gasteiger partial charge in [-0.2, -0.15) is 0 Å². The van der Waals surface area contributed by atoms with Gasteiger partial charge in [0.05, 0.1) is 6.54 Å². The predicted molar refractivity (Wildman–Crippen MR) is 94.7 cm³/mol. The standard InChI is InChI=1S/C17H26N4O4/c1-3-12(4-2)15(22)21-14(16(23)24)10-20-17(25)19-9-11-5-7-13(18)8-6-11/h5-8,12,14H,3-4,9-10,18H2,1-2H3,(H,21,22)(H,23,24)(H2,19,20,25)/t14-/m0/s1. The van der Waals surface area contributed by atoms with E-state index in [1.807, 2.05) is 13.8 Å². The summed E-state index contributed by atoms with van der Waals surface area (Å²) in [6.45, 7) is 3.82. The minimum Gasteiger partial charge on any atom is -0.480 e. The number of rotatable bonds is 9. The second-order valence-electron chi connectivity index (χ2n) is 5.72. The molecule has 1 atom stereocenters. The Bertz CT molecular complexity index is 585. The molecule has 1 aromatic rings. The van der Waals surface area contributed by atoms with E-state index in [1.165, 1.54) is 0 Å². The van der Waals surface area contributed by atoms with E-state index in [4.69, 9.17) is 5.73 Å². The van der Waals surface area contributed by atoms with Crippen molar-refractivity contribution in [1.29, 1.82) is 0 Å². The molecule has 6 N–H and O–H groups in total. The van der Waals surface area contributed by atoms with E-state index in [9.17, 15) is 19.5 Å². The highest BCUT2D eigenvalue weighted by Gasteiger charge is 2.23. The van der Waals surface area contributed by atoms with E-state index < -0.39 is 18.0 Å². The van der Waals surface area contributed by atoms with Crippen LogP contribution in [0, 0.1) is 5.92 Å². The highest BCUT2D eigenvalue weighted by Crippen LogP contribution is 2.07. The number of urea groups is 1. The summed E-state index contributed by atoms with van der Waals surface area (Å²) in [7, 11) is 0. The third-order valence-corrected chi connectivity index (χ3v) is 3.87. The number of carbonyl (C=O) groups excluding carboxylic acids is 2. The summed E-state index contributed by atoms with van der Waals surface area (Å²) < 4.78 is 0. The van der Waals surface area contributed by atoms with Gasteiger partial charge in [0, 0.05) is 18.2 Å². The van der Waals surface area contributed by atoms with Gasteiger partial charge in [-0.25, -0.2) is 9.59 Å². The minimum absolute atomic E-state index is 0.200.